The summed E-state index contributed by atoms with van der Waals surface area (Å²) < 4.78 is 21.7. The molecule has 2 radical (unpaired) electrons. The molecule has 6 heteroatoms. The van der Waals surface area contributed by atoms with Crippen LogP contribution in [0.4, 0.5) is 0 Å². The zero-order valence-electron chi connectivity index (χ0n) is 14.2. The maximum Gasteiger partial charge on any atom is 0.161 e. The van der Waals surface area contributed by atoms with E-state index in [4.69, 9.17) is 18.9 Å². The van der Waals surface area contributed by atoms with E-state index in [9.17, 15) is 0 Å². The first-order chi connectivity index (χ1) is 10.8. The molecule has 0 amide bonds. The Morgan fingerprint density at radius 2 is 1.14 bits per heavy atom. The summed E-state index contributed by atoms with van der Waals surface area (Å²) in [5.41, 5.74) is 2.54. The average Bonchev–Trinajstić information content (AvgIpc) is 2.51. The molecule has 0 aromatic heterocycles. The van der Waals surface area contributed by atoms with Crippen LogP contribution in [0.5, 0.6) is 11.5 Å². The second-order valence-corrected chi connectivity index (χ2v) is 4.97. The summed E-state index contributed by atoms with van der Waals surface area (Å²) in [6.07, 6.45) is 1.84. The summed E-state index contributed by atoms with van der Waals surface area (Å²) in [4.78, 5) is 0. The van der Waals surface area contributed by atoms with Gasteiger partial charge in [0.15, 0.2) is 11.5 Å². The van der Waals surface area contributed by atoms with Gasteiger partial charge in [0.1, 0.15) is 27.8 Å². The lowest BCUT2D eigenvalue weighted by Crippen LogP contribution is -2.10. The van der Waals surface area contributed by atoms with E-state index in [1.165, 1.54) is 11.1 Å². The van der Waals surface area contributed by atoms with Crippen molar-refractivity contribution in [2.75, 3.05) is 40.6 Å². The predicted molar refractivity (Wildman–Crippen MR) is 91.8 cm³/mol. The monoisotopic (exact) mass is 304 g/mol. The maximum atomic E-state index is 5.81. The zero-order chi connectivity index (χ0) is 16.2. The number of rotatable bonds is 12. The van der Waals surface area contributed by atoms with Gasteiger partial charge in [-0.3, -0.25) is 0 Å². The highest BCUT2D eigenvalue weighted by atomic mass is 16.5. The molecule has 0 aliphatic heterocycles. The van der Waals surface area contributed by atoms with Crippen LogP contribution in [0.25, 0.3) is 0 Å². The second-order valence-electron chi connectivity index (χ2n) is 4.97. The van der Waals surface area contributed by atoms with Crippen molar-refractivity contribution in [1.29, 1.82) is 0 Å². The summed E-state index contributed by atoms with van der Waals surface area (Å²) >= 11 is 0. The molecule has 0 bridgehead atoms. The van der Waals surface area contributed by atoms with Crippen molar-refractivity contribution >= 4 is 14.6 Å². The molecular formula is C16H26B2O4. The molecule has 0 saturated heterocycles. The Morgan fingerprint density at radius 1 is 0.727 bits per heavy atom. The lowest BCUT2D eigenvalue weighted by atomic mass is 9.69. The molecule has 0 atom stereocenters. The van der Waals surface area contributed by atoms with E-state index in [0.29, 0.717) is 26.4 Å². The summed E-state index contributed by atoms with van der Waals surface area (Å²) in [7, 11) is 7.63. The fourth-order valence-electron chi connectivity index (χ4n) is 2.16. The molecule has 22 heavy (non-hydrogen) atoms. The lowest BCUT2D eigenvalue weighted by molar-refractivity contribution is 0.132. The number of ether oxygens (including phenoxy) is 4. The van der Waals surface area contributed by atoms with E-state index in [1.54, 1.807) is 14.2 Å². The summed E-state index contributed by atoms with van der Waals surface area (Å²) in [5, 5.41) is 0. The molecule has 120 valence electrons. The third-order valence-electron chi connectivity index (χ3n) is 3.20. The fourth-order valence-corrected chi connectivity index (χ4v) is 2.16. The molecule has 0 N–H and O–H groups in total. The molecule has 4 nitrogen and oxygen atoms in total. The third kappa shape index (κ3) is 6.32. The van der Waals surface area contributed by atoms with Crippen LogP contribution < -0.4 is 9.47 Å². The molecule has 0 saturated carbocycles. The Bertz CT molecular complexity index is 388. The van der Waals surface area contributed by atoms with Gasteiger partial charge in [0.25, 0.3) is 0 Å². The largest absolute Gasteiger partial charge is 0.487 e. The average molecular weight is 304 g/mol. The van der Waals surface area contributed by atoms with Crippen LogP contribution in [0.1, 0.15) is 11.1 Å². The first kappa shape index (κ1) is 18.9. The molecule has 0 heterocycles. The zero-order valence-corrected chi connectivity index (χ0v) is 14.2. The smallest absolute Gasteiger partial charge is 0.161 e. The van der Waals surface area contributed by atoms with Crippen molar-refractivity contribution < 1.29 is 18.9 Å². The van der Waals surface area contributed by atoms with Crippen LogP contribution in [0.3, 0.4) is 0 Å². The van der Waals surface area contributed by atoms with Crippen molar-refractivity contribution in [2.45, 2.75) is 26.3 Å². The first-order valence-corrected chi connectivity index (χ1v) is 7.71. The van der Waals surface area contributed by atoms with Crippen LogP contribution in [0.15, 0.2) is 12.1 Å². The Hall–Kier alpha value is -1.13. The molecule has 1 aromatic rings. The van der Waals surface area contributed by atoms with Gasteiger partial charge in [0.2, 0.25) is 0 Å². The van der Waals surface area contributed by atoms with E-state index in [-0.39, 0.29) is 0 Å². The minimum Gasteiger partial charge on any atom is -0.487 e. The molecule has 0 spiro atoms. The number of methoxy groups -OCH3 is 2. The van der Waals surface area contributed by atoms with E-state index >= 15 is 0 Å². The van der Waals surface area contributed by atoms with Gasteiger partial charge >= 0.3 is 0 Å². The second kappa shape index (κ2) is 11.4. The van der Waals surface area contributed by atoms with E-state index in [2.05, 4.69) is 40.3 Å². The molecule has 1 rings (SSSR count). The minimum atomic E-state index is 0.506. The minimum absolute atomic E-state index is 0.506. The van der Waals surface area contributed by atoms with Gasteiger partial charge in [-0.1, -0.05) is 26.3 Å². The quantitative estimate of drug-likeness (QED) is 0.438. The maximum absolute atomic E-state index is 5.81. The van der Waals surface area contributed by atoms with E-state index < -0.39 is 0 Å². The first-order valence-electron chi connectivity index (χ1n) is 7.71. The molecule has 0 aliphatic rings. The molecule has 0 unspecified atom stereocenters. The van der Waals surface area contributed by atoms with E-state index in [1.807, 2.05) is 0 Å². The Labute approximate surface area is 136 Å². The highest BCUT2D eigenvalue weighted by molar-refractivity contribution is 6.34. The molecule has 1 aromatic carbocycles. The van der Waals surface area contributed by atoms with Gasteiger partial charge in [-0.2, -0.15) is 0 Å². The Morgan fingerprint density at radius 3 is 1.45 bits per heavy atom. The Kier molecular flexibility index (Phi) is 9.84. The third-order valence-corrected chi connectivity index (χ3v) is 3.20. The van der Waals surface area contributed by atoms with Gasteiger partial charge in [0, 0.05) is 14.2 Å². The van der Waals surface area contributed by atoms with Crippen molar-refractivity contribution in [2.24, 2.45) is 0 Å². The van der Waals surface area contributed by atoms with Gasteiger partial charge in [-0.15, -0.1) is 0 Å². The SMILES string of the molecule is C[B]Cc1cc(OCCOC)c(OCCOC)cc1C[B]C. The standard InChI is InChI=1S/C16H26B2O4/c1-17-11-13-9-15(21-7-5-19-3)16(22-8-6-20-4)10-14(13)12-18-2/h9-10H,5-8,11-12H2,1-4H3. The van der Waals surface area contributed by atoms with Crippen LogP contribution >= 0.6 is 0 Å². The van der Waals surface area contributed by atoms with Gasteiger partial charge < -0.3 is 18.9 Å². The fraction of sp³-hybridized carbons (Fsp3) is 0.625. The molecular weight excluding hydrogens is 278 g/mol. The molecule has 0 aliphatic carbocycles. The van der Waals surface area contributed by atoms with E-state index in [0.717, 1.165) is 24.1 Å². The molecule has 0 fully saturated rings. The summed E-state index contributed by atoms with van der Waals surface area (Å²) in [6.45, 7) is 6.24. The number of benzene rings is 1. The van der Waals surface area contributed by atoms with Crippen LogP contribution in [0, 0.1) is 0 Å². The van der Waals surface area contributed by atoms with Crippen LogP contribution in [0.2, 0.25) is 13.6 Å². The highest BCUT2D eigenvalue weighted by Gasteiger charge is 2.12. The van der Waals surface area contributed by atoms with Crippen LogP contribution in [-0.2, 0) is 22.1 Å². The van der Waals surface area contributed by atoms with Crippen molar-refractivity contribution in [1.82, 2.24) is 0 Å². The predicted octanol–water partition coefficient (Wildman–Crippen LogP) is 2.24. The lowest BCUT2D eigenvalue weighted by Gasteiger charge is -2.17. The summed E-state index contributed by atoms with van der Waals surface area (Å²) in [5.74, 6) is 1.54. The highest BCUT2D eigenvalue weighted by Crippen LogP contribution is 2.31. The number of hydrogen-bond acceptors (Lipinski definition) is 4. The van der Waals surface area contributed by atoms with Gasteiger partial charge in [-0.25, -0.2) is 0 Å². The normalized spacial score (nSPS) is 10.4. The number of hydrogen-bond donors (Lipinski definition) is 0. The van der Waals surface area contributed by atoms with Gasteiger partial charge in [0.05, 0.1) is 13.2 Å². The van der Waals surface area contributed by atoms with Crippen molar-refractivity contribution in [3.63, 3.8) is 0 Å². The Balaban J connectivity index is 2.97. The summed E-state index contributed by atoms with van der Waals surface area (Å²) in [6, 6.07) is 4.16. The van der Waals surface area contributed by atoms with Gasteiger partial charge in [-0.05, 0) is 23.3 Å². The topological polar surface area (TPSA) is 36.9 Å². The van der Waals surface area contributed by atoms with Crippen LogP contribution in [-0.4, -0.2) is 55.2 Å². The van der Waals surface area contributed by atoms with Crippen molar-refractivity contribution in [3.05, 3.63) is 23.3 Å². The van der Waals surface area contributed by atoms with Crippen molar-refractivity contribution in [3.8, 4) is 11.5 Å².